The van der Waals surface area contributed by atoms with Crippen LogP contribution in [0.1, 0.15) is 130 Å². The summed E-state index contributed by atoms with van der Waals surface area (Å²) in [6.07, 6.45) is 30.2. The quantitative estimate of drug-likeness (QED) is 0.0132. The van der Waals surface area contributed by atoms with E-state index in [1.54, 1.807) is 6.08 Å². The molecule has 56 heavy (non-hydrogen) atoms. The summed E-state index contributed by atoms with van der Waals surface area (Å²) in [6.45, 7) is 3.67. The highest BCUT2D eigenvalue weighted by Crippen LogP contribution is 2.43. The standard InChI is InChI=1S/C40H70O14P2/c1-4-5-27-36(41)28-23-19-15-10-8-6-7-9-11-16-20-24-29-39(43)50-33-38(34-53-56(48,49)52-32-37(42)31-51-55(45,46)47)54-40(44)30-25-21-17-13-12-14-18-22-26-35(2)3/h5-7,10-11,15-16,19,23,27,35-38,41-42H,4,8-9,12-14,17-18,20-22,24-26,28-34H2,1-3H3,(H,48,49)(H2,45,46,47)/b7-6-,15-10-,16-11-,23-19+,27-5-/t36?,37-,38+/m0/s1. The second-order valence-electron chi connectivity index (χ2n) is 13.9. The van der Waals surface area contributed by atoms with E-state index in [0.717, 1.165) is 50.9 Å². The van der Waals surface area contributed by atoms with Crippen molar-refractivity contribution < 1.29 is 66.7 Å². The van der Waals surface area contributed by atoms with Crippen LogP contribution in [0.3, 0.4) is 0 Å². The van der Waals surface area contributed by atoms with E-state index < -0.39 is 72.3 Å². The van der Waals surface area contributed by atoms with Crippen molar-refractivity contribution in [1.29, 1.82) is 0 Å². The third-order valence-corrected chi connectivity index (χ3v) is 9.35. The van der Waals surface area contributed by atoms with E-state index >= 15 is 0 Å². The Balaban J connectivity index is 4.68. The molecule has 4 atom stereocenters. The zero-order chi connectivity index (χ0) is 41.9. The van der Waals surface area contributed by atoms with Crippen LogP contribution in [0.4, 0.5) is 0 Å². The number of phosphoric acid groups is 2. The number of ether oxygens (including phenoxy) is 2. The van der Waals surface area contributed by atoms with Gasteiger partial charge >= 0.3 is 27.6 Å². The molecule has 0 bridgehead atoms. The van der Waals surface area contributed by atoms with E-state index in [2.05, 4.69) is 22.9 Å². The first-order chi connectivity index (χ1) is 26.6. The van der Waals surface area contributed by atoms with Crippen LogP contribution in [-0.4, -0.2) is 81.6 Å². The van der Waals surface area contributed by atoms with Gasteiger partial charge in [-0.05, 0) is 50.9 Å². The minimum absolute atomic E-state index is 0.0971. The van der Waals surface area contributed by atoms with E-state index in [1.807, 2.05) is 61.6 Å². The summed E-state index contributed by atoms with van der Waals surface area (Å²) < 4.78 is 47.5. The number of hydrogen-bond donors (Lipinski definition) is 5. The van der Waals surface area contributed by atoms with Crippen molar-refractivity contribution in [2.45, 2.75) is 148 Å². The van der Waals surface area contributed by atoms with Crippen LogP contribution < -0.4 is 0 Å². The largest absolute Gasteiger partial charge is 0.472 e. The fourth-order valence-corrected chi connectivity index (χ4v) is 6.04. The summed E-state index contributed by atoms with van der Waals surface area (Å²) in [5.41, 5.74) is 0. The third kappa shape index (κ3) is 38.6. The minimum Gasteiger partial charge on any atom is -0.462 e. The van der Waals surface area contributed by atoms with Crippen LogP contribution in [0, 0.1) is 5.92 Å². The summed E-state index contributed by atoms with van der Waals surface area (Å²) in [7, 11) is -9.69. The summed E-state index contributed by atoms with van der Waals surface area (Å²) in [6, 6.07) is 0. The predicted octanol–water partition coefficient (Wildman–Crippen LogP) is 8.49. The second-order valence-corrected chi connectivity index (χ2v) is 16.6. The van der Waals surface area contributed by atoms with Crippen LogP contribution in [0.15, 0.2) is 60.8 Å². The molecule has 0 aliphatic rings. The van der Waals surface area contributed by atoms with Gasteiger partial charge in [-0.3, -0.25) is 23.2 Å². The smallest absolute Gasteiger partial charge is 0.462 e. The fraction of sp³-hybridized carbons (Fsp3) is 0.700. The molecule has 0 aliphatic carbocycles. The van der Waals surface area contributed by atoms with Gasteiger partial charge < -0.3 is 34.4 Å². The maximum Gasteiger partial charge on any atom is 0.472 e. The molecular formula is C40H70O14P2. The van der Waals surface area contributed by atoms with Gasteiger partial charge in [-0.2, -0.15) is 0 Å². The number of phosphoric ester groups is 2. The zero-order valence-corrected chi connectivity index (χ0v) is 35.5. The molecule has 324 valence electrons. The molecule has 0 saturated carbocycles. The minimum atomic E-state index is -4.87. The highest BCUT2D eigenvalue weighted by Gasteiger charge is 2.28. The molecule has 14 nitrogen and oxygen atoms in total. The zero-order valence-electron chi connectivity index (χ0n) is 33.7. The lowest BCUT2D eigenvalue weighted by Gasteiger charge is -2.20. The van der Waals surface area contributed by atoms with Crippen LogP contribution in [0.2, 0.25) is 0 Å². The maximum atomic E-state index is 12.6. The Hall–Kier alpha value is -2.22. The lowest BCUT2D eigenvalue weighted by Crippen LogP contribution is -2.30. The van der Waals surface area contributed by atoms with Gasteiger partial charge in [-0.25, -0.2) is 9.13 Å². The van der Waals surface area contributed by atoms with Crippen LogP contribution >= 0.6 is 15.6 Å². The highest BCUT2D eigenvalue weighted by molar-refractivity contribution is 7.47. The molecule has 0 amide bonds. The van der Waals surface area contributed by atoms with Crippen molar-refractivity contribution in [2.75, 3.05) is 26.4 Å². The number of aliphatic hydroxyl groups excluding tert-OH is 2. The summed E-state index contributed by atoms with van der Waals surface area (Å²) >= 11 is 0. The summed E-state index contributed by atoms with van der Waals surface area (Å²) in [4.78, 5) is 52.5. The lowest BCUT2D eigenvalue weighted by atomic mass is 10.0. The highest BCUT2D eigenvalue weighted by atomic mass is 31.2. The number of unbranched alkanes of at least 4 members (excludes halogenated alkanes) is 8. The second kappa shape index (κ2) is 34.8. The van der Waals surface area contributed by atoms with Gasteiger partial charge in [0.15, 0.2) is 6.10 Å². The Labute approximate surface area is 334 Å². The molecule has 0 saturated heterocycles. The molecule has 0 rings (SSSR count). The molecule has 0 spiro atoms. The van der Waals surface area contributed by atoms with Crippen molar-refractivity contribution in [2.24, 2.45) is 5.92 Å². The van der Waals surface area contributed by atoms with Crippen LogP contribution in [0.25, 0.3) is 0 Å². The van der Waals surface area contributed by atoms with Crippen LogP contribution in [0.5, 0.6) is 0 Å². The molecule has 0 aliphatic heterocycles. The molecule has 2 unspecified atom stereocenters. The Morgan fingerprint density at radius 2 is 1.21 bits per heavy atom. The predicted molar refractivity (Wildman–Crippen MR) is 217 cm³/mol. The number of carbonyl (C=O) groups is 2. The van der Waals surface area contributed by atoms with Crippen molar-refractivity contribution in [3.63, 3.8) is 0 Å². The van der Waals surface area contributed by atoms with E-state index in [-0.39, 0.29) is 12.8 Å². The molecular weight excluding hydrogens is 766 g/mol. The number of carbonyl (C=O) groups excluding carboxylic acids is 2. The van der Waals surface area contributed by atoms with Crippen molar-refractivity contribution in [3.05, 3.63) is 60.8 Å². The molecule has 0 fully saturated rings. The number of hydrogen-bond acceptors (Lipinski definition) is 11. The van der Waals surface area contributed by atoms with Crippen molar-refractivity contribution in [3.8, 4) is 0 Å². The first kappa shape index (κ1) is 53.8. The topological polar surface area (TPSA) is 216 Å². The number of aliphatic hydroxyl groups is 2. The lowest BCUT2D eigenvalue weighted by molar-refractivity contribution is -0.161. The molecule has 0 aromatic rings. The van der Waals surface area contributed by atoms with Gasteiger partial charge in [-0.1, -0.05) is 133 Å². The van der Waals surface area contributed by atoms with E-state index in [1.165, 1.54) is 25.7 Å². The average molecular weight is 837 g/mol. The van der Waals surface area contributed by atoms with Gasteiger partial charge in [0.25, 0.3) is 0 Å². The van der Waals surface area contributed by atoms with Gasteiger partial charge in [0, 0.05) is 12.8 Å². The first-order valence-electron chi connectivity index (χ1n) is 19.9. The normalized spacial score (nSPS) is 15.4. The summed E-state index contributed by atoms with van der Waals surface area (Å²) in [5, 5.41) is 19.5. The average Bonchev–Trinajstić information content (AvgIpc) is 3.13. The number of esters is 2. The molecule has 0 aromatic carbocycles. The Morgan fingerprint density at radius 3 is 1.88 bits per heavy atom. The van der Waals surface area contributed by atoms with Crippen molar-refractivity contribution in [1.82, 2.24) is 0 Å². The molecule has 0 radical (unpaired) electrons. The Bertz CT molecular complexity index is 1260. The van der Waals surface area contributed by atoms with E-state index in [0.29, 0.717) is 25.7 Å². The Morgan fingerprint density at radius 1 is 0.643 bits per heavy atom. The van der Waals surface area contributed by atoms with E-state index in [4.69, 9.17) is 23.8 Å². The molecule has 16 heteroatoms. The van der Waals surface area contributed by atoms with Gasteiger partial charge in [0.1, 0.15) is 12.7 Å². The molecule has 0 aromatic heterocycles. The maximum absolute atomic E-state index is 12.6. The molecule has 0 heterocycles. The third-order valence-electron chi connectivity index (χ3n) is 7.91. The van der Waals surface area contributed by atoms with Crippen molar-refractivity contribution >= 4 is 27.6 Å². The van der Waals surface area contributed by atoms with E-state index in [9.17, 15) is 33.8 Å². The summed E-state index contributed by atoms with van der Waals surface area (Å²) in [5.74, 6) is -0.404. The van der Waals surface area contributed by atoms with Gasteiger partial charge in [0.2, 0.25) is 0 Å². The number of rotatable bonds is 36. The van der Waals surface area contributed by atoms with Gasteiger partial charge in [-0.15, -0.1) is 0 Å². The monoisotopic (exact) mass is 836 g/mol. The first-order valence-corrected chi connectivity index (χ1v) is 23.0. The van der Waals surface area contributed by atoms with Gasteiger partial charge in [0.05, 0.1) is 25.9 Å². The Kier molecular flexibility index (Phi) is 33.4. The number of allylic oxidation sites excluding steroid dienone is 8. The molecule has 5 N–H and O–H groups in total. The van der Waals surface area contributed by atoms with Crippen LogP contribution in [-0.2, 0) is 41.8 Å². The fourth-order valence-electron chi connectivity index (χ4n) is 4.88. The SMILES string of the molecule is CC/C=C\C(O)C/C=C/C=C\C/C=C\C/C=C\CCCC(=O)OC[C@H](COP(=O)(O)OC[C@@H](O)COP(=O)(O)O)OC(=O)CCCCCCCCCCC(C)C.